The van der Waals surface area contributed by atoms with Gasteiger partial charge in [0, 0.05) is 19.4 Å². The van der Waals surface area contributed by atoms with Crippen molar-refractivity contribution in [2.75, 3.05) is 7.05 Å². The fraction of sp³-hybridized carbons (Fsp3) is 0.727. The monoisotopic (exact) mass is 197 g/mol. The SMILES string of the molecule is CC(=O)CC1=C(C)OC(C(C)C)N1C. The number of allylic oxidation sites excluding steroid dienone is 2. The number of Topliss-reactive ketones (excluding diaryl/α,β-unsaturated/α-hetero) is 1. The van der Waals surface area contributed by atoms with Gasteiger partial charge in [-0.05, 0) is 13.8 Å². The maximum absolute atomic E-state index is 11.1. The number of ether oxygens (including phenoxy) is 1. The highest BCUT2D eigenvalue weighted by molar-refractivity contribution is 5.78. The Morgan fingerprint density at radius 2 is 2.14 bits per heavy atom. The van der Waals surface area contributed by atoms with Crippen molar-refractivity contribution in [1.82, 2.24) is 4.90 Å². The minimum Gasteiger partial charge on any atom is -0.473 e. The fourth-order valence-corrected chi connectivity index (χ4v) is 1.80. The van der Waals surface area contributed by atoms with E-state index in [0.29, 0.717) is 12.3 Å². The van der Waals surface area contributed by atoms with Crippen LogP contribution in [0.4, 0.5) is 0 Å². The molecule has 0 aromatic rings. The van der Waals surface area contributed by atoms with E-state index in [2.05, 4.69) is 18.7 Å². The second-order valence-corrected chi connectivity index (χ2v) is 4.25. The van der Waals surface area contributed by atoms with Gasteiger partial charge >= 0.3 is 0 Å². The molecule has 0 spiro atoms. The standard InChI is InChI=1S/C11H19NO2/c1-7(2)11-12(5)10(6-8(3)13)9(4)14-11/h7,11H,6H2,1-5H3. The van der Waals surface area contributed by atoms with Crippen LogP contribution in [0, 0.1) is 5.92 Å². The summed E-state index contributed by atoms with van der Waals surface area (Å²) in [5.41, 5.74) is 1.02. The van der Waals surface area contributed by atoms with Crippen molar-refractivity contribution >= 4 is 5.78 Å². The zero-order valence-corrected chi connectivity index (χ0v) is 9.63. The maximum atomic E-state index is 11.1. The Morgan fingerprint density at radius 1 is 1.57 bits per heavy atom. The Kier molecular flexibility index (Phi) is 3.19. The van der Waals surface area contributed by atoms with Crippen LogP contribution in [0.15, 0.2) is 11.5 Å². The topological polar surface area (TPSA) is 29.5 Å². The molecule has 0 saturated heterocycles. The van der Waals surface area contributed by atoms with Crippen molar-refractivity contribution in [1.29, 1.82) is 0 Å². The van der Waals surface area contributed by atoms with Gasteiger partial charge in [-0.15, -0.1) is 0 Å². The summed E-state index contributed by atoms with van der Waals surface area (Å²) in [6.45, 7) is 7.77. The first kappa shape index (κ1) is 11.1. The van der Waals surface area contributed by atoms with E-state index in [1.165, 1.54) is 0 Å². The maximum Gasteiger partial charge on any atom is 0.173 e. The molecule has 0 amide bonds. The summed E-state index contributed by atoms with van der Waals surface area (Å²) in [5, 5.41) is 0. The molecular formula is C11H19NO2. The van der Waals surface area contributed by atoms with Crippen molar-refractivity contribution < 1.29 is 9.53 Å². The summed E-state index contributed by atoms with van der Waals surface area (Å²) in [6.07, 6.45) is 0.565. The number of carbonyl (C=O) groups excluding carboxylic acids is 1. The molecule has 0 fully saturated rings. The molecule has 1 atom stereocenters. The second kappa shape index (κ2) is 4.03. The molecule has 0 saturated carbocycles. The largest absolute Gasteiger partial charge is 0.473 e. The van der Waals surface area contributed by atoms with E-state index >= 15 is 0 Å². The number of rotatable bonds is 3. The van der Waals surface area contributed by atoms with E-state index in [1.807, 2.05) is 14.0 Å². The van der Waals surface area contributed by atoms with Gasteiger partial charge in [0.05, 0.1) is 5.70 Å². The Morgan fingerprint density at radius 3 is 2.50 bits per heavy atom. The third-order valence-electron chi connectivity index (χ3n) is 2.50. The van der Waals surface area contributed by atoms with Gasteiger partial charge in [-0.2, -0.15) is 0 Å². The van der Waals surface area contributed by atoms with Crippen molar-refractivity contribution in [3.05, 3.63) is 11.5 Å². The summed E-state index contributed by atoms with van der Waals surface area (Å²) >= 11 is 0. The van der Waals surface area contributed by atoms with Crippen LogP contribution < -0.4 is 0 Å². The molecule has 80 valence electrons. The lowest BCUT2D eigenvalue weighted by Crippen LogP contribution is -2.32. The molecule has 3 nitrogen and oxygen atoms in total. The van der Waals surface area contributed by atoms with Crippen LogP contribution in [0.5, 0.6) is 0 Å². The van der Waals surface area contributed by atoms with Gasteiger partial charge in [0.1, 0.15) is 11.5 Å². The Balaban J connectivity index is 2.76. The normalized spacial score (nSPS) is 21.9. The van der Waals surface area contributed by atoms with Crippen LogP contribution >= 0.6 is 0 Å². The lowest BCUT2D eigenvalue weighted by atomic mass is 10.1. The molecule has 0 bridgehead atoms. The third kappa shape index (κ3) is 2.08. The zero-order chi connectivity index (χ0) is 10.9. The highest BCUT2D eigenvalue weighted by Crippen LogP contribution is 2.30. The third-order valence-corrected chi connectivity index (χ3v) is 2.50. The van der Waals surface area contributed by atoms with Gasteiger partial charge in [-0.25, -0.2) is 0 Å². The van der Waals surface area contributed by atoms with Gasteiger partial charge in [0.2, 0.25) is 0 Å². The summed E-state index contributed by atoms with van der Waals surface area (Å²) in [6, 6.07) is 0. The minimum absolute atomic E-state index is 0.0874. The first-order chi connectivity index (χ1) is 6.43. The molecule has 0 aromatic heterocycles. The number of nitrogens with zero attached hydrogens (tertiary/aromatic N) is 1. The number of ketones is 1. The van der Waals surface area contributed by atoms with Gasteiger partial charge in [0.25, 0.3) is 0 Å². The van der Waals surface area contributed by atoms with E-state index in [-0.39, 0.29) is 12.0 Å². The molecule has 1 unspecified atom stereocenters. The molecule has 1 aliphatic heterocycles. The smallest absolute Gasteiger partial charge is 0.173 e. The Hall–Kier alpha value is -0.990. The van der Waals surface area contributed by atoms with E-state index < -0.39 is 0 Å². The molecule has 0 radical (unpaired) electrons. The van der Waals surface area contributed by atoms with Crippen LogP contribution in [0.3, 0.4) is 0 Å². The number of carbonyl (C=O) groups is 1. The van der Waals surface area contributed by atoms with Crippen molar-refractivity contribution in [3.63, 3.8) is 0 Å². The summed E-state index contributed by atoms with van der Waals surface area (Å²) in [4.78, 5) is 13.1. The summed E-state index contributed by atoms with van der Waals surface area (Å²) < 4.78 is 5.70. The highest BCUT2D eigenvalue weighted by Gasteiger charge is 2.30. The van der Waals surface area contributed by atoms with E-state index in [9.17, 15) is 4.79 Å². The van der Waals surface area contributed by atoms with Gasteiger partial charge in [0.15, 0.2) is 6.23 Å². The average molecular weight is 197 g/mol. The van der Waals surface area contributed by atoms with Crippen LogP contribution in [0.2, 0.25) is 0 Å². The van der Waals surface area contributed by atoms with Crippen LogP contribution in [-0.4, -0.2) is 24.0 Å². The molecule has 14 heavy (non-hydrogen) atoms. The molecular weight excluding hydrogens is 178 g/mol. The van der Waals surface area contributed by atoms with Crippen molar-refractivity contribution in [2.24, 2.45) is 5.92 Å². The predicted octanol–water partition coefficient (Wildman–Crippen LogP) is 2.14. The van der Waals surface area contributed by atoms with Crippen LogP contribution in [0.25, 0.3) is 0 Å². The van der Waals surface area contributed by atoms with E-state index in [4.69, 9.17) is 4.74 Å². The van der Waals surface area contributed by atoms with E-state index in [0.717, 1.165) is 11.5 Å². The summed E-state index contributed by atoms with van der Waals surface area (Å²) in [5.74, 6) is 1.50. The Bertz CT molecular complexity index is 268. The highest BCUT2D eigenvalue weighted by atomic mass is 16.5. The van der Waals surface area contributed by atoms with Gasteiger partial charge in [-0.1, -0.05) is 13.8 Å². The van der Waals surface area contributed by atoms with Crippen molar-refractivity contribution in [3.8, 4) is 0 Å². The predicted molar refractivity (Wildman–Crippen MR) is 55.5 cm³/mol. The molecule has 3 heteroatoms. The van der Waals surface area contributed by atoms with E-state index in [1.54, 1.807) is 6.92 Å². The lowest BCUT2D eigenvalue weighted by Gasteiger charge is -2.25. The first-order valence-electron chi connectivity index (χ1n) is 5.02. The fourth-order valence-electron chi connectivity index (χ4n) is 1.80. The molecule has 0 N–H and O–H groups in total. The molecule has 1 heterocycles. The second-order valence-electron chi connectivity index (χ2n) is 4.25. The molecule has 1 rings (SSSR count). The van der Waals surface area contributed by atoms with Crippen LogP contribution in [-0.2, 0) is 9.53 Å². The number of hydrogen-bond donors (Lipinski definition) is 0. The first-order valence-corrected chi connectivity index (χ1v) is 5.02. The number of hydrogen-bond acceptors (Lipinski definition) is 3. The van der Waals surface area contributed by atoms with Crippen LogP contribution in [0.1, 0.15) is 34.1 Å². The summed E-state index contributed by atoms with van der Waals surface area (Å²) in [7, 11) is 1.99. The minimum atomic E-state index is 0.0874. The van der Waals surface area contributed by atoms with Crippen molar-refractivity contribution in [2.45, 2.75) is 40.3 Å². The molecule has 1 aliphatic rings. The lowest BCUT2D eigenvalue weighted by molar-refractivity contribution is -0.116. The van der Waals surface area contributed by atoms with Gasteiger partial charge < -0.3 is 9.64 Å². The average Bonchev–Trinajstić information content (AvgIpc) is 2.31. The zero-order valence-electron chi connectivity index (χ0n) is 9.63. The van der Waals surface area contributed by atoms with Gasteiger partial charge in [-0.3, -0.25) is 4.79 Å². The Labute approximate surface area is 85.7 Å². The molecule has 0 aliphatic carbocycles. The quantitative estimate of drug-likeness (QED) is 0.694. The molecule has 0 aromatic carbocycles.